The summed E-state index contributed by atoms with van der Waals surface area (Å²) >= 11 is 0. The minimum Gasteiger partial charge on any atom is -0.320 e. The van der Waals surface area contributed by atoms with Crippen LogP contribution in [0.15, 0.2) is 42.7 Å². The second kappa shape index (κ2) is 4.53. The first-order valence-electron chi connectivity index (χ1n) is 5.90. The molecular formula is C14H12N4O. The van der Waals surface area contributed by atoms with E-state index in [4.69, 9.17) is 0 Å². The molecule has 0 aliphatic rings. The van der Waals surface area contributed by atoms with Crippen molar-refractivity contribution in [2.45, 2.75) is 6.92 Å². The molecule has 3 aromatic rings. The van der Waals surface area contributed by atoms with E-state index in [0.29, 0.717) is 5.69 Å². The number of rotatable bonds is 2. The molecule has 5 heteroatoms. The van der Waals surface area contributed by atoms with Crippen molar-refractivity contribution in [2.75, 3.05) is 5.32 Å². The van der Waals surface area contributed by atoms with Gasteiger partial charge in [-0.05, 0) is 25.1 Å². The van der Waals surface area contributed by atoms with Crippen LogP contribution in [0.4, 0.5) is 5.69 Å². The summed E-state index contributed by atoms with van der Waals surface area (Å²) in [4.78, 5) is 16.1. The van der Waals surface area contributed by atoms with Crippen LogP contribution < -0.4 is 5.32 Å². The number of nitrogens with zero attached hydrogens (tertiary/aromatic N) is 2. The van der Waals surface area contributed by atoms with E-state index in [1.165, 1.54) is 0 Å². The monoisotopic (exact) mass is 252 g/mol. The Bertz CT molecular complexity index is 743. The van der Waals surface area contributed by atoms with Gasteiger partial charge in [0.2, 0.25) is 0 Å². The second-order valence-electron chi connectivity index (χ2n) is 4.29. The van der Waals surface area contributed by atoms with Crippen LogP contribution in [0.3, 0.4) is 0 Å². The lowest BCUT2D eigenvalue weighted by Gasteiger charge is -2.06. The van der Waals surface area contributed by atoms with Gasteiger partial charge in [-0.25, -0.2) is 0 Å². The largest absolute Gasteiger partial charge is 0.320 e. The fourth-order valence-electron chi connectivity index (χ4n) is 1.95. The molecule has 1 amide bonds. The van der Waals surface area contributed by atoms with Crippen LogP contribution in [0.2, 0.25) is 0 Å². The van der Waals surface area contributed by atoms with Gasteiger partial charge in [-0.3, -0.25) is 14.9 Å². The van der Waals surface area contributed by atoms with Crippen molar-refractivity contribution in [1.29, 1.82) is 0 Å². The average Bonchev–Trinajstić information content (AvgIpc) is 2.86. The lowest BCUT2D eigenvalue weighted by atomic mass is 10.1. The maximum Gasteiger partial charge on any atom is 0.276 e. The summed E-state index contributed by atoms with van der Waals surface area (Å²) < 4.78 is 0. The minimum atomic E-state index is -0.228. The Kier molecular flexibility index (Phi) is 2.72. The quantitative estimate of drug-likeness (QED) is 0.736. The van der Waals surface area contributed by atoms with Gasteiger partial charge in [-0.15, -0.1) is 0 Å². The Morgan fingerprint density at radius 2 is 2.21 bits per heavy atom. The normalized spacial score (nSPS) is 10.6. The van der Waals surface area contributed by atoms with E-state index in [9.17, 15) is 4.79 Å². The number of carbonyl (C=O) groups excluding carboxylic acids is 1. The number of aromatic amines is 1. The van der Waals surface area contributed by atoms with Crippen LogP contribution in [-0.2, 0) is 0 Å². The van der Waals surface area contributed by atoms with E-state index in [-0.39, 0.29) is 5.91 Å². The number of nitrogens with one attached hydrogen (secondary N) is 2. The lowest BCUT2D eigenvalue weighted by molar-refractivity contribution is 0.102. The number of carbonyl (C=O) groups is 1. The molecule has 2 aromatic heterocycles. The first kappa shape index (κ1) is 11.4. The number of pyridine rings is 1. The summed E-state index contributed by atoms with van der Waals surface area (Å²) in [6.45, 7) is 1.85. The Labute approximate surface area is 109 Å². The van der Waals surface area contributed by atoms with E-state index in [0.717, 1.165) is 22.2 Å². The van der Waals surface area contributed by atoms with Crippen molar-refractivity contribution in [3.05, 3.63) is 54.1 Å². The zero-order valence-electron chi connectivity index (χ0n) is 10.3. The molecule has 0 saturated heterocycles. The SMILES string of the molecule is Cc1cc(C(=O)Nc2cccc3cnccc23)n[nH]1. The van der Waals surface area contributed by atoms with Gasteiger partial charge in [0.1, 0.15) is 0 Å². The predicted molar refractivity (Wildman–Crippen MR) is 73.0 cm³/mol. The maximum atomic E-state index is 12.1. The number of H-pyrrole nitrogens is 1. The van der Waals surface area contributed by atoms with Gasteiger partial charge in [0, 0.05) is 34.5 Å². The van der Waals surface area contributed by atoms with E-state index in [1.54, 1.807) is 18.5 Å². The highest BCUT2D eigenvalue weighted by molar-refractivity contribution is 6.08. The van der Waals surface area contributed by atoms with Crippen LogP contribution in [0.1, 0.15) is 16.2 Å². The van der Waals surface area contributed by atoms with Crippen molar-refractivity contribution >= 4 is 22.4 Å². The standard InChI is InChI=1S/C14H12N4O/c1-9-7-13(18-17-9)14(19)16-12-4-2-3-10-8-15-6-5-11(10)12/h2-8H,1H3,(H,16,19)(H,17,18). The van der Waals surface area contributed by atoms with Crippen molar-refractivity contribution in [3.63, 3.8) is 0 Å². The van der Waals surface area contributed by atoms with Crippen LogP contribution in [-0.4, -0.2) is 21.1 Å². The molecule has 2 N–H and O–H groups in total. The van der Waals surface area contributed by atoms with Crippen molar-refractivity contribution < 1.29 is 4.79 Å². The third kappa shape index (κ3) is 2.18. The highest BCUT2D eigenvalue weighted by Crippen LogP contribution is 2.22. The van der Waals surface area contributed by atoms with Gasteiger partial charge in [0.05, 0.1) is 0 Å². The van der Waals surface area contributed by atoms with Crippen molar-refractivity contribution in [3.8, 4) is 0 Å². The molecule has 0 atom stereocenters. The summed E-state index contributed by atoms with van der Waals surface area (Å²) in [6, 6.07) is 9.29. The number of amides is 1. The Morgan fingerprint density at radius 1 is 1.32 bits per heavy atom. The van der Waals surface area contributed by atoms with Gasteiger partial charge in [-0.1, -0.05) is 12.1 Å². The van der Waals surface area contributed by atoms with E-state index in [2.05, 4.69) is 20.5 Å². The van der Waals surface area contributed by atoms with Gasteiger partial charge in [-0.2, -0.15) is 5.10 Å². The number of hydrogen-bond acceptors (Lipinski definition) is 3. The van der Waals surface area contributed by atoms with Gasteiger partial charge in [0.15, 0.2) is 5.69 Å². The lowest BCUT2D eigenvalue weighted by Crippen LogP contribution is -2.12. The molecule has 0 aliphatic heterocycles. The number of benzene rings is 1. The molecule has 0 fully saturated rings. The third-order valence-electron chi connectivity index (χ3n) is 2.87. The number of anilines is 1. The first-order chi connectivity index (χ1) is 9.24. The number of aryl methyl sites for hydroxylation is 1. The van der Waals surface area contributed by atoms with Crippen LogP contribution in [0.25, 0.3) is 10.8 Å². The summed E-state index contributed by atoms with van der Waals surface area (Å²) in [7, 11) is 0. The number of aromatic nitrogens is 3. The summed E-state index contributed by atoms with van der Waals surface area (Å²) in [6.07, 6.45) is 3.47. The maximum absolute atomic E-state index is 12.1. The fourth-order valence-corrected chi connectivity index (χ4v) is 1.95. The summed E-state index contributed by atoms with van der Waals surface area (Å²) in [5.41, 5.74) is 1.99. The fraction of sp³-hybridized carbons (Fsp3) is 0.0714. The zero-order valence-corrected chi connectivity index (χ0v) is 10.3. The molecule has 1 aromatic carbocycles. The first-order valence-corrected chi connectivity index (χ1v) is 5.90. The van der Waals surface area contributed by atoms with Crippen molar-refractivity contribution in [1.82, 2.24) is 15.2 Å². The minimum absolute atomic E-state index is 0.228. The van der Waals surface area contributed by atoms with E-state index >= 15 is 0 Å². The molecule has 2 heterocycles. The molecule has 0 saturated carbocycles. The molecule has 0 aliphatic carbocycles. The van der Waals surface area contributed by atoms with Crippen LogP contribution in [0, 0.1) is 6.92 Å². The highest BCUT2D eigenvalue weighted by atomic mass is 16.1. The van der Waals surface area contributed by atoms with Gasteiger partial charge < -0.3 is 5.32 Å². The smallest absolute Gasteiger partial charge is 0.276 e. The summed E-state index contributed by atoms with van der Waals surface area (Å²) in [5, 5.41) is 11.5. The third-order valence-corrected chi connectivity index (χ3v) is 2.87. The molecule has 0 bridgehead atoms. The highest BCUT2D eigenvalue weighted by Gasteiger charge is 2.10. The molecule has 0 unspecified atom stereocenters. The zero-order chi connectivity index (χ0) is 13.2. The Balaban J connectivity index is 1.95. The van der Waals surface area contributed by atoms with Gasteiger partial charge >= 0.3 is 0 Å². The summed E-state index contributed by atoms with van der Waals surface area (Å²) in [5.74, 6) is -0.228. The molecule has 3 rings (SSSR count). The van der Waals surface area contributed by atoms with E-state index in [1.807, 2.05) is 31.2 Å². The topological polar surface area (TPSA) is 70.7 Å². The van der Waals surface area contributed by atoms with Crippen LogP contribution in [0.5, 0.6) is 0 Å². The molecule has 0 radical (unpaired) electrons. The van der Waals surface area contributed by atoms with E-state index < -0.39 is 0 Å². The number of fused-ring (bicyclic) bond motifs is 1. The Morgan fingerprint density at radius 3 is 3.00 bits per heavy atom. The molecule has 5 nitrogen and oxygen atoms in total. The molecule has 19 heavy (non-hydrogen) atoms. The van der Waals surface area contributed by atoms with Crippen LogP contribution >= 0.6 is 0 Å². The average molecular weight is 252 g/mol. The second-order valence-corrected chi connectivity index (χ2v) is 4.29. The van der Waals surface area contributed by atoms with Crippen molar-refractivity contribution in [2.24, 2.45) is 0 Å². The Hall–Kier alpha value is -2.69. The molecular weight excluding hydrogens is 240 g/mol. The predicted octanol–water partition coefficient (Wildman–Crippen LogP) is 2.52. The number of hydrogen-bond donors (Lipinski definition) is 2. The molecule has 94 valence electrons. The molecule has 0 spiro atoms. The van der Waals surface area contributed by atoms with Gasteiger partial charge in [0.25, 0.3) is 5.91 Å².